The molecule has 0 unspecified atom stereocenters. The number of carbonyl (C=O) groups is 2. The van der Waals surface area contributed by atoms with Gasteiger partial charge in [0.25, 0.3) is 5.91 Å². The van der Waals surface area contributed by atoms with Crippen LogP contribution in [0.15, 0.2) is 91.0 Å². The van der Waals surface area contributed by atoms with Crippen molar-refractivity contribution in [1.29, 1.82) is 0 Å². The van der Waals surface area contributed by atoms with E-state index in [-0.39, 0.29) is 11.5 Å². The van der Waals surface area contributed by atoms with E-state index < -0.39 is 5.97 Å². The molecule has 1 heterocycles. The molecule has 5 aromatic rings. The molecule has 0 saturated heterocycles. The summed E-state index contributed by atoms with van der Waals surface area (Å²) in [7, 11) is 1.62. The van der Waals surface area contributed by atoms with Crippen LogP contribution in [0.4, 0.5) is 0 Å². The minimum absolute atomic E-state index is 0.123. The van der Waals surface area contributed by atoms with Gasteiger partial charge in [0.15, 0.2) is 0 Å². The first-order valence-electron chi connectivity index (χ1n) is 12.8. The van der Waals surface area contributed by atoms with Crippen LogP contribution in [0.5, 0.6) is 5.75 Å². The fraction of sp³-hybridized carbons (Fsp3) is 0.152. The highest BCUT2D eigenvalue weighted by atomic mass is 16.5. The van der Waals surface area contributed by atoms with E-state index in [0.29, 0.717) is 24.2 Å². The fourth-order valence-corrected chi connectivity index (χ4v) is 4.96. The Morgan fingerprint density at radius 1 is 0.872 bits per heavy atom. The molecule has 0 spiro atoms. The van der Waals surface area contributed by atoms with Crippen molar-refractivity contribution in [1.82, 2.24) is 9.88 Å². The molecule has 39 heavy (non-hydrogen) atoms. The van der Waals surface area contributed by atoms with Crippen LogP contribution >= 0.6 is 0 Å². The molecule has 5 rings (SSSR count). The number of carbonyl (C=O) groups excluding carboxylic acids is 1. The number of aromatic nitrogens is 1. The van der Waals surface area contributed by atoms with Crippen molar-refractivity contribution in [2.75, 3.05) is 7.11 Å². The summed E-state index contributed by atoms with van der Waals surface area (Å²) in [6.07, 6.45) is 0. The van der Waals surface area contributed by atoms with Gasteiger partial charge in [-0.15, -0.1) is 0 Å². The fourth-order valence-electron chi connectivity index (χ4n) is 4.96. The van der Waals surface area contributed by atoms with E-state index in [0.717, 1.165) is 44.6 Å². The Balaban J connectivity index is 1.36. The second-order valence-corrected chi connectivity index (χ2v) is 9.61. The number of methoxy groups -OCH3 is 1. The Morgan fingerprint density at radius 2 is 1.64 bits per heavy atom. The van der Waals surface area contributed by atoms with Gasteiger partial charge in [-0.2, -0.15) is 0 Å². The first-order valence-corrected chi connectivity index (χ1v) is 12.8. The predicted molar refractivity (Wildman–Crippen MR) is 154 cm³/mol. The number of ether oxygens (including phenoxy) is 1. The Morgan fingerprint density at radius 3 is 2.38 bits per heavy atom. The van der Waals surface area contributed by atoms with Gasteiger partial charge in [-0.1, -0.05) is 54.6 Å². The van der Waals surface area contributed by atoms with Crippen LogP contribution in [0.3, 0.4) is 0 Å². The van der Waals surface area contributed by atoms with Gasteiger partial charge in [-0.25, -0.2) is 4.79 Å². The maximum absolute atomic E-state index is 12.9. The Bertz CT molecular complexity index is 1680. The van der Waals surface area contributed by atoms with Gasteiger partial charge in [0.05, 0.1) is 12.7 Å². The summed E-state index contributed by atoms with van der Waals surface area (Å²) >= 11 is 0. The van der Waals surface area contributed by atoms with Crippen LogP contribution in [0.25, 0.3) is 22.0 Å². The number of hydrogen-bond acceptors (Lipinski definition) is 3. The lowest BCUT2D eigenvalue weighted by atomic mass is 9.99. The molecule has 1 aromatic heterocycles. The van der Waals surface area contributed by atoms with Crippen LogP contribution in [-0.2, 0) is 13.1 Å². The van der Waals surface area contributed by atoms with Crippen molar-refractivity contribution in [3.63, 3.8) is 0 Å². The molecular formula is C33H30N2O4. The SMILES string of the molecule is COc1cccc(CNC(=O)c2ccc3c(c2)c(C)c(C)n3Cc2ccc(-c3ccccc3C(=O)O)cc2)c1. The zero-order chi connectivity index (χ0) is 27.5. The first-order chi connectivity index (χ1) is 18.9. The first kappa shape index (κ1) is 25.8. The minimum atomic E-state index is -0.937. The summed E-state index contributed by atoms with van der Waals surface area (Å²) in [6.45, 7) is 5.26. The third-order valence-corrected chi connectivity index (χ3v) is 7.25. The molecule has 6 heteroatoms. The van der Waals surface area contributed by atoms with Crippen molar-refractivity contribution < 1.29 is 19.4 Å². The number of aryl methyl sites for hydroxylation is 1. The standard InChI is InChI=1S/C33H30N2O4/c1-21-22(2)35(20-23-11-13-25(14-12-23)28-9-4-5-10-29(28)33(37)38)31-16-15-26(18-30(21)31)32(36)34-19-24-7-6-8-27(17-24)39-3/h4-18H,19-20H2,1-3H3,(H,34,36)(H,37,38). The highest BCUT2D eigenvalue weighted by molar-refractivity contribution is 5.99. The number of amides is 1. The third kappa shape index (κ3) is 5.27. The smallest absolute Gasteiger partial charge is 0.336 e. The Labute approximate surface area is 227 Å². The zero-order valence-electron chi connectivity index (χ0n) is 22.2. The second-order valence-electron chi connectivity index (χ2n) is 9.61. The number of hydrogen-bond donors (Lipinski definition) is 2. The quantitative estimate of drug-likeness (QED) is 0.242. The Kier molecular flexibility index (Phi) is 7.19. The average Bonchev–Trinajstić information content (AvgIpc) is 3.20. The van der Waals surface area contributed by atoms with E-state index in [1.165, 1.54) is 0 Å². The summed E-state index contributed by atoms with van der Waals surface area (Å²) in [4.78, 5) is 24.6. The molecule has 0 aliphatic rings. The number of rotatable bonds is 8. The van der Waals surface area contributed by atoms with Crippen molar-refractivity contribution in [2.24, 2.45) is 0 Å². The summed E-state index contributed by atoms with van der Waals surface area (Å²) in [6, 6.07) is 28.5. The summed E-state index contributed by atoms with van der Waals surface area (Å²) in [5, 5.41) is 13.6. The number of nitrogens with one attached hydrogen (secondary N) is 1. The molecule has 0 aliphatic carbocycles. The van der Waals surface area contributed by atoms with Crippen LogP contribution < -0.4 is 10.1 Å². The maximum Gasteiger partial charge on any atom is 0.336 e. The topological polar surface area (TPSA) is 80.6 Å². The summed E-state index contributed by atoms with van der Waals surface area (Å²) < 4.78 is 7.52. The van der Waals surface area contributed by atoms with E-state index in [9.17, 15) is 14.7 Å². The number of benzene rings is 4. The lowest BCUT2D eigenvalue weighted by Crippen LogP contribution is -2.22. The van der Waals surface area contributed by atoms with E-state index in [1.807, 2.05) is 78.9 Å². The maximum atomic E-state index is 12.9. The molecule has 0 atom stereocenters. The summed E-state index contributed by atoms with van der Waals surface area (Å²) in [5.74, 6) is -0.301. The van der Waals surface area contributed by atoms with Crippen LogP contribution in [-0.4, -0.2) is 28.7 Å². The molecule has 0 radical (unpaired) electrons. The molecule has 1 amide bonds. The lowest BCUT2D eigenvalue weighted by molar-refractivity contribution is 0.0697. The minimum Gasteiger partial charge on any atom is -0.497 e. The average molecular weight is 519 g/mol. The van der Waals surface area contributed by atoms with Crippen LogP contribution in [0, 0.1) is 13.8 Å². The molecule has 2 N–H and O–H groups in total. The predicted octanol–water partition coefficient (Wildman–Crippen LogP) is 6.61. The summed E-state index contributed by atoms with van der Waals surface area (Å²) in [5.41, 5.74) is 7.89. The zero-order valence-corrected chi connectivity index (χ0v) is 22.2. The van der Waals surface area contributed by atoms with Crippen LogP contribution in [0.1, 0.15) is 43.1 Å². The van der Waals surface area contributed by atoms with Gasteiger partial charge in [0.1, 0.15) is 5.75 Å². The van der Waals surface area contributed by atoms with Crippen molar-refractivity contribution in [3.05, 3.63) is 125 Å². The highest BCUT2D eigenvalue weighted by Crippen LogP contribution is 2.29. The van der Waals surface area contributed by atoms with E-state index in [4.69, 9.17) is 4.74 Å². The van der Waals surface area contributed by atoms with Gasteiger partial charge < -0.3 is 19.7 Å². The van der Waals surface area contributed by atoms with E-state index in [2.05, 4.69) is 23.7 Å². The molecule has 0 bridgehead atoms. The van der Waals surface area contributed by atoms with Gasteiger partial charge in [-0.3, -0.25) is 4.79 Å². The monoisotopic (exact) mass is 518 g/mol. The lowest BCUT2D eigenvalue weighted by Gasteiger charge is -2.11. The van der Waals surface area contributed by atoms with Crippen molar-refractivity contribution in [3.8, 4) is 16.9 Å². The Hall–Kier alpha value is -4.84. The molecule has 6 nitrogen and oxygen atoms in total. The number of aromatic carboxylic acids is 1. The third-order valence-electron chi connectivity index (χ3n) is 7.25. The molecule has 0 aliphatic heterocycles. The number of carboxylic acid groups (broad SMARTS) is 1. The molecule has 196 valence electrons. The van der Waals surface area contributed by atoms with E-state index >= 15 is 0 Å². The van der Waals surface area contributed by atoms with Gasteiger partial charge in [0, 0.05) is 35.2 Å². The molecular weight excluding hydrogens is 488 g/mol. The second kappa shape index (κ2) is 10.9. The van der Waals surface area contributed by atoms with Crippen LogP contribution in [0.2, 0.25) is 0 Å². The molecule has 4 aromatic carbocycles. The largest absolute Gasteiger partial charge is 0.497 e. The number of carboxylic acids is 1. The number of fused-ring (bicyclic) bond motifs is 1. The highest BCUT2D eigenvalue weighted by Gasteiger charge is 2.15. The molecule has 0 fully saturated rings. The van der Waals surface area contributed by atoms with Gasteiger partial charge in [-0.05, 0) is 78.1 Å². The molecule has 0 saturated carbocycles. The number of nitrogens with zero attached hydrogens (tertiary/aromatic N) is 1. The van der Waals surface area contributed by atoms with E-state index in [1.54, 1.807) is 19.2 Å². The van der Waals surface area contributed by atoms with Gasteiger partial charge in [0.2, 0.25) is 0 Å². The van der Waals surface area contributed by atoms with Gasteiger partial charge >= 0.3 is 5.97 Å². The van der Waals surface area contributed by atoms with Crippen molar-refractivity contribution >= 4 is 22.8 Å². The van der Waals surface area contributed by atoms with Crippen molar-refractivity contribution in [2.45, 2.75) is 26.9 Å². The normalized spacial score (nSPS) is 10.9.